The van der Waals surface area contributed by atoms with Crippen LogP contribution in [0.1, 0.15) is 31.7 Å². The molecule has 2 nitrogen and oxygen atoms in total. The van der Waals surface area contributed by atoms with Crippen molar-refractivity contribution in [3.05, 3.63) is 29.8 Å². The van der Waals surface area contributed by atoms with Gasteiger partial charge in [-0.15, -0.1) is 0 Å². The molecule has 1 aromatic carbocycles. The second kappa shape index (κ2) is 6.06. The predicted molar refractivity (Wildman–Crippen MR) is 74.7 cm³/mol. The van der Waals surface area contributed by atoms with Crippen LogP contribution >= 0.6 is 0 Å². The zero-order valence-corrected chi connectivity index (χ0v) is 11.1. The maximum atomic E-state index is 3.66. The van der Waals surface area contributed by atoms with Crippen LogP contribution in [0.4, 0.5) is 5.69 Å². The van der Waals surface area contributed by atoms with Gasteiger partial charge in [-0.05, 0) is 44.0 Å². The topological polar surface area (TPSA) is 15.3 Å². The maximum Gasteiger partial charge on any atom is 0.0369 e. The second-order valence-electron chi connectivity index (χ2n) is 5.08. The number of hydrogen-bond donors (Lipinski definition) is 1. The molecule has 1 heterocycles. The number of hydrogen-bond acceptors (Lipinski definition) is 2. The van der Waals surface area contributed by atoms with Gasteiger partial charge in [0.25, 0.3) is 0 Å². The fourth-order valence-corrected chi connectivity index (χ4v) is 2.60. The highest BCUT2D eigenvalue weighted by Crippen LogP contribution is 2.18. The monoisotopic (exact) mass is 232 g/mol. The first kappa shape index (κ1) is 12.4. The summed E-state index contributed by atoms with van der Waals surface area (Å²) in [6.07, 6.45) is 3.79. The van der Waals surface area contributed by atoms with Crippen molar-refractivity contribution in [1.82, 2.24) is 5.32 Å². The molecule has 1 aromatic rings. The van der Waals surface area contributed by atoms with Crippen molar-refractivity contribution in [3.8, 4) is 0 Å². The van der Waals surface area contributed by atoms with Crippen LogP contribution in [0.2, 0.25) is 0 Å². The van der Waals surface area contributed by atoms with Crippen molar-refractivity contribution in [3.63, 3.8) is 0 Å². The van der Waals surface area contributed by atoms with Gasteiger partial charge in [-0.2, -0.15) is 0 Å². The molecular formula is C15H24N2. The highest BCUT2D eigenvalue weighted by Gasteiger charge is 2.16. The molecule has 1 aliphatic heterocycles. The lowest BCUT2D eigenvalue weighted by Gasteiger charge is -2.26. The van der Waals surface area contributed by atoms with E-state index in [0.29, 0.717) is 6.04 Å². The largest absolute Gasteiger partial charge is 0.370 e. The molecule has 1 fully saturated rings. The van der Waals surface area contributed by atoms with E-state index < -0.39 is 0 Å². The lowest BCUT2D eigenvalue weighted by molar-refractivity contribution is 0.502. The smallest absolute Gasteiger partial charge is 0.0369 e. The minimum absolute atomic E-state index is 0.656. The van der Waals surface area contributed by atoms with Crippen LogP contribution in [-0.4, -0.2) is 25.7 Å². The van der Waals surface area contributed by atoms with Crippen LogP contribution in [0, 0.1) is 6.92 Å². The number of nitrogens with zero attached hydrogens (tertiary/aromatic N) is 1. The molecule has 0 radical (unpaired) electrons. The predicted octanol–water partition coefficient (Wildman–Crippen LogP) is 2.96. The molecule has 0 bridgehead atoms. The standard InChI is InChI=1S/C15H24N2/c1-3-6-14-12-17(10-5-9-16-14)15-8-4-7-13(2)11-15/h4,7-8,11,14,16H,3,5-6,9-10,12H2,1-2H3. The molecule has 1 N–H and O–H groups in total. The molecule has 2 rings (SSSR count). The minimum Gasteiger partial charge on any atom is -0.370 e. The van der Waals surface area contributed by atoms with Gasteiger partial charge in [0.15, 0.2) is 0 Å². The molecule has 0 aromatic heterocycles. The molecule has 17 heavy (non-hydrogen) atoms. The summed E-state index contributed by atoms with van der Waals surface area (Å²) in [6.45, 7) is 7.92. The molecule has 1 atom stereocenters. The SMILES string of the molecule is CCCC1CN(c2cccc(C)c2)CCCN1. The summed E-state index contributed by atoms with van der Waals surface area (Å²) in [7, 11) is 0. The fourth-order valence-electron chi connectivity index (χ4n) is 2.60. The van der Waals surface area contributed by atoms with E-state index in [1.165, 1.54) is 37.1 Å². The first-order valence-corrected chi connectivity index (χ1v) is 6.84. The highest BCUT2D eigenvalue weighted by molar-refractivity contribution is 5.48. The van der Waals surface area contributed by atoms with Gasteiger partial charge >= 0.3 is 0 Å². The molecule has 1 aliphatic rings. The van der Waals surface area contributed by atoms with Crippen LogP contribution in [0.5, 0.6) is 0 Å². The molecule has 1 saturated heterocycles. The van der Waals surface area contributed by atoms with E-state index in [1.807, 2.05) is 0 Å². The Kier molecular flexibility index (Phi) is 4.43. The van der Waals surface area contributed by atoms with E-state index >= 15 is 0 Å². The van der Waals surface area contributed by atoms with Gasteiger partial charge in [0.2, 0.25) is 0 Å². The highest BCUT2D eigenvalue weighted by atomic mass is 15.2. The third-order valence-corrected chi connectivity index (χ3v) is 3.48. The van der Waals surface area contributed by atoms with Gasteiger partial charge in [-0.3, -0.25) is 0 Å². The number of nitrogens with one attached hydrogen (secondary N) is 1. The summed E-state index contributed by atoms with van der Waals surface area (Å²) in [4.78, 5) is 2.54. The first-order chi connectivity index (χ1) is 8.29. The van der Waals surface area contributed by atoms with Gasteiger partial charge in [0, 0.05) is 24.8 Å². The van der Waals surface area contributed by atoms with Crippen molar-refractivity contribution >= 4 is 5.69 Å². The zero-order chi connectivity index (χ0) is 12.1. The Morgan fingerprint density at radius 2 is 2.29 bits per heavy atom. The third kappa shape index (κ3) is 3.47. The van der Waals surface area contributed by atoms with E-state index in [-0.39, 0.29) is 0 Å². The van der Waals surface area contributed by atoms with Crippen LogP contribution in [0.3, 0.4) is 0 Å². The Morgan fingerprint density at radius 3 is 3.06 bits per heavy atom. The van der Waals surface area contributed by atoms with Crippen molar-refractivity contribution in [2.75, 3.05) is 24.5 Å². The van der Waals surface area contributed by atoms with Crippen LogP contribution < -0.4 is 10.2 Å². The van der Waals surface area contributed by atoms with Gasteiger partial charge < -0.3 is 10.2 Å². The number of rotatable bonds is 3. The number of benzene rings is 1. The molecule has 0 spiro atoms. The van der Waals surface area contributed by atoms with E-state index in [4.69, 9.17) is 0 Å². The lowest BCUT2D eigenvalue weighted by Crippen LogP contribution is -2.37. The number of aryl methyl sites for hydroxylation is 1. The van der Waals surface area contributed by atoms with Crippen molar-refractivity contribution < 1.29 is 0 Å². The normalized spacial score (nSPS) is 21.3. The average molecular weight is 232 g/mol. The molecular weight excluding hydrogens is 208 g/mol. The van der Waals surface area contributed by atoms with Gasteiger partial charge in [0.05, 0.1) is 0 Å². The Labute approximate surface area is 105 Å². The lowest BCUT2D eigenvalue weighted by atomic mass is 10.1. The van der Waals surface area contributed by atoms with E-state index in [9.17, 15) is 0 Å². The molecule has 1 unspecified atom stereocenters. The quantitative estimate of drug-likeness (QED) is 0.862. The summed E-state index contributed by atoms with van der Waals surface area (Å²) in [5.74, 6) is 0. The van der Waals surface area contributed by atoms with Crippen LogP contribution in [-0.2, 0) is 0 Å². The second-order valence-corrected chi connectivity index (χ2v) is 5.08. The molecule has 0 amide bonds. The van der Waals surface area contributed by atoms with E-state index in [2.05, 4.69) is 48.3 Å². The van der Waals surface area contributed by atoms with Crippen LogP contribution in [0.25, 0.3) is 0 Å². The molecule has 0 aliphatic carbocycles. The summed E-state index contributed by atoms with van der Waals surface area (Å²) < 4.78 is 0. The summed E-state index contributed by atoms with van der Waals surface area (Å²) >= 11 is 0. The van der Waals surface area contributed by atoms with E-state index in [1.54, 1.807) is 0 Å². The zero-order valence-electron chi connectivity index (χ0n) is 11.1. The summed E-state index contributed by atoms with van der Waals surface area (Å²) in [5.41, 5.74) is 2.74. The molecule has 94 valence electrons. The minimum atomic E-state index is 0.656. The Balaban J connectivity index is 2.08. The Morgan fingerprint density at radius 1 is 1.41 bits per heavy atom. The Bertz CT molecular complexity index is 349. The van der Waals surface area contributed by atoms with E-state index in [0.717, 1.165) is 13.1 Å². The summed E-state index contributed by atoms with van der Waals surface area (Å²) in [6, 6.07) is 9.53. The van der Waals surface area contributed by atoms with Gasteiger partial charge in [0.1, 0.15) is 0 Å². The van der Waals surface area contributed by atoms with Gasteiger partial charge in [-0.25, -0.2) is 0 Å². The van der Waals surface area contributed by atoms with Crippen molar-refractivity contribution in [2.45, 2.75) is 39.2 Å². The maximum absolute atomic E-state index is 3.66. The molecule has 2 heteroatoms. The van der Waals surface area contributed by atoms with Crippen molar-refractivity contribution in [1.29, 1.82) is 0 Å². The third-order valence-electron chi connectivity index (χ3n) is 3.48. The Hall–Kier alpha value is -1.02. The van der Waals surface area contributed by atoms with Crippen molar-refractivity contribution in [2.24, 2.45) is 0 Å². The number of anilines is 1. The average Bonchev–Trinajstić information content (AvgIpc) is 2.55. The van der Waals surface area contributed by atoms with Gasteiger partial charge in [-0.1, -0.05) is 25.5 Å². The first-order valence-electron chi connectivity index (χ1n) is 6.84. The fraction of sp³-hybridized carbons (Fsp3) is 0.600. The summed E-state index contributed by atoms with van der Waals surface area (Å²) in [5, 5.41) is 3.66. The molecule has 0 saturated carbocycles. The van der Waals surface area contributed by atoms with Crippen LogP contribution in [0.15, 0.2) is 24.3 Å².